The molecule has 4 rings (SSSR count). The minimum Gasteiger partial charge on any atom is -0.376 e. The topological polar surface area (TPSA) is 71.3 Å². The van der Waals surface area contributed by atoms with Crippen LogP contribution in [0.3, 0.4) is 0 Å². The van der Waals surface area contributed by atoms with Gasteiger partial charge in [0, 0.05) is 11.4 Å². The maximum Gasteiger partial charge on any atom is 0.259 e. The quantitative estimate of drug-likeness (QED) is 0.391. The third kappa shape index (κ3) is 4.32. The van der Waals surface area contributed by atoms with Gasteiger partial charge in [0.15, 0.2) is 0 Å². The van der Waals surface area contributed by atoms with E-state index in [1.165, 1.54) is 0 Å². The predicted octanol–water partition coefficient (Wildman–Crippen LogP) is 3.98. The molecule has 144 valence electrons. The molecule has 2 N–H and O–H groups in total. The minimum absolute atomic E-state index is 0.160. The van der Waals surface area contributed by atoms with Crippen LogP contribution < -0.4 is 10.7 Å². The van der Waals surface area contributed by atoms with Gasteiger partial charge in [-0.05, 0) is 48.9 Å². The maximum atomic E-state index is 12.0. The molecule has 1 amide bonds. The molecule has 0 bridgehead atoms. The van der Waals surface area contributed by atoms with E-state index >= 15 is 0 Å². The molecule has 6 nitrogen and oxygen atoms in total. The second-order valence-corrected chi connectivity index (χ2v) is 6.60. The van der Waals surface area contributed by atoms with Gasteiger partial charge in [-0.25, -0.2) is 10.4 Å². The summed E-state index contributed by atoms with van der Waals surface area (Å²) < 4.78 is 2.04. The number of anilines is 1. The lowest BCUT2D eigenvalue weighted by molar-refractivity contribution is -0.119. The van der Waals surface area contributed by atoms with Gasteiger partial charge in [-0.2, -0.15) is 5.10 Å². The first kappa shape index (κ1) is 18.4. The van der Waals surface area contributed by atoms with Crippen LogP contribution in [0.5, 0.6) is 0 Å². The SMILES string of the molecule is C/C(=N/NC(=O)CNc1ccccc1)c1ccc(-n2cnc3ccccc32)cc1. The van der Waals surface area contributed by atoms with Gasteiger partial charge in [-0.1, -0.05) is 42.5 Å². The van der Waals surface area contributed by atoms with Gasteiger partial charge >= 0.3 is 0 Å². The van der Waals surface area contributed by atoms with Crippen molar-refractivity contribution < 1.29 is 4.79 Å². The van der Waals surface area contributed by atoms with E-state index in [0.717, 1.165) is 33.7 Å². The van der Waals surface area contributed by atoms with Crippen LogP contribution in [-0.4, -0.2) is 27.7 Å². The maximum absolute atomic E-state index is 12.0. The smallest absolute Gasteiger partial charge is 0.259 e. The van der Waals surface area contributed by atoms with E-state index in [0.29, 0.717) is 0 Å². The molecule has 29 heavy (non-hydrogen) atoms. The molecule has 0 unspecified atom stereocenters. The number of hydrazone groups is 1. The Balaban J connectivity index is 1.40. The van der Waals surface area contributed by atoms with Crippen molar-refractivity contribution in [1.29, 1.82) is 0 Å². The van der Waals surface area contributed by atoms with Gasteiger partial charge in [0.1, 0.15) is 6.33 Å². The van der Waals surface area contributed by atoms with Crippen molar-refractivity contribution in [3.05, 3.63) is 90.8 Å². The zero-order valence-electron chi connectivity index (χ0n) is 16.0. The second kappa shape index (κ2) is 8.39. The van der Waals surface area contributed by atoms with Gasteiger partial charge in [-0.3, -0.25) is 9.36 Å². The van der Waals surface area contributed by atoms with Crippen molar-refractivity contribution in [2.45, 2.75) is 6.92 Å². The highest BCUT2D eigenvalue weighted by Gasteiger charge is 2.05. The summed E-state index contributed by atoms with van der Waals surface area (Å²) in [5.74, 6) is -0.199. The molecule has 4 aromatic rings. The lowest BCUT2D eigenvalue weighted by atomic mass is 10.1. The Morgan fingerprint density at radius 1 is 0.966 bits per heavy atom. The zero-order valence-corrected chi connectivity index (χ0v) is 16.0. The highest BCUT2D eigenvalue weighted by molar-refractivity contribution is 5.99. The van der Waals surface area contributed by atoms with Crippen molar-refractivity contribution in [3.8, 4) is 5.69 Å². The van der Waals surface area contributed by atoms with Gasteiger partial charge in [0.25, 0.3) is 5.91 Å². The average molecular weight is 383 g/mol. The summed E-state index contributed by atoms with van der Waals surface area (Å²) in [5.41, 5.74) is 8.20. The lowest BCUT2D eigenvalue weighted by Gasteiger charge is -2.07. The first-order valence-corrected chi connectivity index (χ1v) is 9.36. The van der Waals surface area contributed by atoms with Crippen LogP contribution >= 0.6 is 0 Å². The Bertz CT molecular complexity index is 1150. The van der Waals surface area contributed by atoms with Crippen LogP contribution in [0.2, 0.25) is 0 Å². The molecule has 1 aromatic heterocycles. The van der Waals surface area contributed by atoms with Gasteiger partial charge in [-0.15, -0.1) is 0 Å². The van der Waals surface area contributed by atoms with Crippen LogP contribution in [0.1, 0.15) is 12.5 Å². The molecule has 0 aliphatic rings. The molecule has 0 fully saturated rings. The number of para-hydroxylation sites is 3. The summed E-state index contributed by atoms with van der Waals surface area (Å²) in [6.45, 7) is 2.03. The number of aromatic nitrogens is 2. The first-order valence-electron chi connectivity index (χ1n) is 9.36. The fourth-order valence-corrected chi connectivity index (χ4v) is 3.02. The molecule has 0 spiro atoms. The number of carbonyl (C=O) groups excluding carboxylic acids is 1. The van der Waals surface area contributed by atoms with E-state index < -0.39 is 0 Å². The Labute approximate surface area is 168 Å². The molecule has 1 heterocycles. The molecule has 0 aliphatic heterocycles. The third-order valence-corrected chi connectivity index (χ3v) is 4.59. The van der Waals surface area contributed by atoms with Crippen LogP contribution in [0.4, 0.5) is 5.69 Å². The number of hydrogen-bond acceptors (Lipinski definition) is 4. The monoisotopic (exact) mass is 383 g/mol. The molecule has 3 aromatic carbocycles. The number of nitrogens with one attached hydrogen (secondary N) is 2. The number of carbonyl (C=O) groups is 1. The number of amides is 1. The van der Waals surface area contributed by atoms with E-state index in [4.69, 9.17) is 0 Å². The van der Waals surface area contributed by atoms with Crippen molar-refractivity contribution in [2.75, 3.05) is 11.9 Å². The van der Waals surface area contributed by atoms with Crippen LogP contribution in [-0.2, 0) is 4.79 Å². The van der Waals surface area contributed by atoms with E-state index in [1.807, 2.05) is 96.7 Å². The molecule has 0 saturated heterocycles. The molecule has 6 heteroatoms. The molecule has 0 aliphatic carbocycles. The second-order valence-electron chi connectivity index (χ2n) is 6.60. The minimum atomic E-state index is -0.199. The van der Waals surface area contributed by atoms with Crippen LogP contribution in [0.15, 0.2) is 90.3 Å². The molecule has 0 saturated carbocycles. The fourth-order valence-electron chi connectivity index (χ4n) is 3.02. The zero-order chi connectivity index (χ0) is 20.1. The van der Waals surface area contributed by atoms with Crippen molar-refractivity contribution in [2.24, 2.45) is 5.10 Å². The number of rotatable bonds is 6. The van der Waals surface area contributed by atoms with Crippen molar-refractivity contribution in [3.63, 3.8) is 0 Å². The van der Waals surface area contributed by atoms with E-state index in [-0.39, 0.29) is 12.5 Å². The predicted molar refractivity (Wildman–Crippen MR) is 116 cm³/mol. The highest BCUT2D eigenvalue weighted by atomic mass is 16.2. The number of nitrogens with zero attached hydrogens (tertiary/aromatic N) is 3. The summed E-state index contributed by atoms with van der Waals surface area (Å²) in [7, 11) is 0. The molecular formula is C23H21N5O. The Morgan fingerprint density at radius 2 is 1.69 bits per heavy atom. The number of hydrogen-bond donors (Lipinski definition) is 2. The fraction of sp³-hybridized carbons (Fsp3) is 0.0870. The summed E-state index contributed by atoms with van der Waals surface area (Å²) in [6, 6.07) is 25.6. The normalized spacial score (nSPS) is 11.4. The van der Waals surface area contributed by atoms with E-state index in [9.17, 15) is 4.79 Å². The van der Waals surface area contributed by atoms with Gasteiger partial charge in [0.2, 0.25) is 0 Å². The first-order chi connectivity index (χ1) is 14.2. The lowest BCUT2D eigenvalue weighted by Crippen LogP contribution is -2.26. The highest BCUT2D eigenvalue weighted by Crippen LogP contribution is 2.18. The molecule has 0 radical (unpaired) electrons. The summed E-state index contributed by atoms with van der Waals surface area (Å²) >= 11 is 0. The standard InChI is InChI=1S/C23H21N5O/c1-17(26-27-23(29)15-24-19-7-3-2-4-8-19)18-11-13-20(14-12-18)28-16-25-21-9-5-6-10-22(21)28/h2-14,16,24H,15H2,1H3,(H,27,29)/b26-17-. The molecule has 0 atom stereocenters. The summed E-state index contributed by atoms with van der Waals surface area (Å²) in [6.07, 6.45) is 1.82. The van der Waals surface area contributed by atoms with Gasteiger partial charge in [0.05, 0.1) is 23.3 Å². The summed E-state index contributed by atoms with van der Waals surface area (Å²) in [4.78, 5) is 16.4. The summed E-state index contributed by atoms with van der Waals surface area (Å²) in [5, 5.41) is 7.26. The Hall–Kier alpha value is -3.93. The Kier molecular flexibility index (Phi) is 5.33. The van der Waals surface area contributed by atoms with Crippen LogP contribution in [0, 0.1) is 0 Å². The number of benzene rings is 3. The number of fused-ring (bicyclic) bond motifs is 1. The average Bonchev–Trinajstić information content (AvgIpc) is 3.21. The third-order valence-electron chi connectivity index (χ3n) is 4.59. The largest absolute Gasteiger partial charge is 0.376 e. The number of imidazole rings is 1. The van der Waals surface area contributed by atoms with E-state index in [1.54, 1.807) is 0 Å². The van der Waals surface area contributed by atoms with E-state index in [2.05, 4.69) is 20.8 Å². The van der Waals surface area contributed by atoms with Crippen LogP contribution in [0.25, 0.3) is 16.7 Å². The van der Waals surface area contributed by atoms with Crippen molar-refractivity contribution >= 4 is 28.3 Å². The van der Waals surface area contributed by atoms with Crippen molar-refractivity contribution in [1.82, 2.24) is 15.0 Å². The molecular weight excluding hydrogens is 362 g/mol. The Morgan fingerprint density at radius 3 is 2.48 bits per heavy atom. The van der Waals surface area contributed by atoms with Gasteiger partial charge < -0.3 is 5.32 Å².